The van der Waals surface area contributed by atoms with Gasteiger partial charge in [-0.05, 0) is 36.6 Å². The molecule has 0 bridgehead atoms. The molecule has 1 aliphatic carbocycles. The van der Waals surface area contributed by atoms with Crippen molar-refractivity contribution in [2.75, 3.05) is 7.11 Å². The van der Waals surface area contributed by atoms with Crippen LogP contribution in [0.5, 0.6) is 11.5 Å². The van der Waals surface area contributed by atoms with Gasteiger partial charge in [0.25, 0.3) is 0 Å². The molecule has 3 nitrogen and oxygen atoms in total. The number of rotatable bonds is 7. The van der Waals surface area contributed by atoms with E-state index in [-0.39, 0.29) is 24.8 Å². The van der Waals surface area contributed by atoms with Crippen LogP contribution in [0.1, 0.15) is 43.2 Å². The van der Waals surface area contributed by atoms with E-state index in [9.17, 15) is 4.39 Å². The Bertz CT molecular complexity index is 736. The van der Waals surface area contributed by atoms with Crippen LogP contribution in [0.3, 0.4) is 0 Å². The van der Waals surface area contributed by atoms with Gasteiger partial charge in [0.05, 0.1) is 12.1 Å². The van der Waals surface area contributed by atoms with Crippen LogP contribution in [0.25, 0.3) is 0 Å². The van der Waals surface area contributed by atoms with Gasteiger partial charge in [-0.2, -0.15) is 0 Å². The second kappa shape index (κ2) is 10.7. The van der Waals surface area contributed by atoms with Crippen LogP contribution in [-0.2, 0) is 13.2 Å². The maximum Gasteiger partial charge on any atom is 0.180 e. The van der Waals surface area contributed by atoms with Crippen LogP contribution in [0, 0.1) is 5.82 Å². The molecule has 0 spiro atoms. The van der Waals surface area contributed by atoms with E-state index in [2.05, 4.69) is 5.32 Å². The van der Waals surface area contributed by atoms with Crippen molar-refractivity contribution in [1.82, 2.24) is 5.32 Å². The summed E-state index contributed by atoms with van der Waals surface area (Å²) in [5.41, 5.74) is 1.53. The second-order valence-electron chi connectivity index (χ2n) is 6.70. The Morgan fingerprint density at radius 3 is 2.59 bits per heavy atom. The van der Waals surface area contributed by atoms with Crippen molar-refractivity contribution < 1.29 is 13.9 Å². The highest BCUT2D eigenvalue weighted by Crippen LogP contribution is 2.37. The van der Waals surface area contributed by atoms with Crippen molar-refractivity contribution in [3.05, 3.63) is 58.4 Å². The third-order valence-electron chi connectivity index (χ3n) is 4.82. The molecule has 0 heterocycles. The van der Waals surface area contributed by atoms with E-state index in [1.807, 2.05) is 12.1 Å². The van der Waals surface area contributed by atoms with E-state index < -0.39 is 0 Å². The van der Waals surface area contributed by atoms with E-state index in [1.54, 1.807) is 25.3 Å². The number of hydrogen-bond acceptors (Lipinski definition) is 3. The Kier molecular flexibility index (Phi) is 8.68. The molecule has 0 atom stereocenters. The molecule has 1 aliphatic rings. The van der Waals surface area contributed by atoms with Crippen LogP contribution in [0.4, 0.5) is 4.39 Å². The first-order chi connectivity index (χ1) is 12.7. The Morgan fingerprint density at radius 1 is 1.15 bits per heavy atom. The fourth-order valence-electron chi connectivity index (χ4n) is 3.35. The first kappa shape index (κ1) is 21.8. The molecule has 0 radical (unpaired) electrons. The lowest BCUT2D eigenvalue weighted by molar-refractivity contribution is 0.279. The summed E-state index contributed by atoms with van der Waals surface area (Å²) in [7, 11) is 1.58. The SMILES string of the molecule is COc1cc(CNC2CCCCC2)cc(Cl)c1OCc1ccccc1F.Cl. The van der Waals surface area contributed by atoms with Crippen molar-refractivity contribution >= 4 is 24.0 Å². The molecule has 0 unspecified atom stereocenters. The van der Waals surface area contributed by atoms with E-state index in [4.69, 9.17) is 21.1 Å². The Hall–Kier alpha value is -1.49. The third kappa shape index (κ3) is 6.00. The number of methoxy groups -OCH3 is 1. The predicted molar refractivity (Wildman–Crippen MR) is 110 cm³/mol. The maximum absolute atomic E-state index is 13.8. The molecule has 2 aromatic carbocycles. The summed E-state index contributed by atoms with van der Waals surface area (Å²) in [6.07, 6.45) is 6.39. The summed E-state index contributed by atoms with van der Waals surface area (Å²) >= 11 is 6.41. The van der Waals surface area contributed by atoms with Gasteiger partial charge < -0.3 is 14.8 Å². The van der Waals surface area contributed by atoms with Crippen molar-refractivity contribution in [3.63, 3.8) is 0 Å². The van der Waals surface area contributed by atoms with E-state index >= 15 is 0 Å². The van der Waals surface area contributed by atoms with Crippen LogP contribution >= 0.6 is 24.0 Å². The molecule has 2 aromatic rings. The van der Waals surface area contributed by atoms with Gasteiger partial charge in [-0.1, -0.05) is 49.1 Å². The summed E-state index contributed by atoms with van der Waals surface area (Å²) < 4.78 is 25.0. The number of ether oxygens (including phenoxy) is 2. The average Bonchev–Trinajstić information content (AvgIpc) is 2.67. The minimum Gasteiger partial charge on any atom is -0.493 e. The molecule has 1 saturated carbocycles. The summed E-state index contributed by atoms with van der Waals surface area (Å²) in [6.45, 7) is 0.844. The zero-order valence-electron chi connectivity index (χ0n) is 15.5. The highest BCUT2D eigenvalue weighted by atomic mass is 35.5. The van der Waals surface area contributed by atoms with Crippen molar-refractivity contribution in [2.45, 2.75) is 51.3 Å². The zero-order chi connectivity index (χ0) is 18.4. The van der Waals surface area contributed by atoms with Crippen LogP contribution in [-0.4, -0.2) is 13.2 Å². The van der Waals surface area contributed by atoms with Gasteiger partial charge in [0, 0.05) is 18.2 Å². The molecule has 1 fully saturated rings. The van der Waals surface area contributed by atoms with E-state index in [1.165, 1.54) is 38.2 Å². The highest BCUT2D eigenvalue weighted by molar-refractivity contribution is 6.32. The predicted octanol–water partition coefficient (Wildman–Crippen LogP) is 5.91. The fraction of sp³-hybridized carbons (Fsp3) is 0.429. The fourth-order valence-corrected chi connectivity index (χ4v) is 3.64. The summed E-state index contributed by atoms with van der Waals surface area (Å²) in [5.74, 6) is 0.712. The molecule has 0 aromatic heterocycles. The van der Waals surface area contributed by atoms with Gasteiger partial charge in [-0.3, -0.25) is 0 Å². The second-order valence-corrected chi connectivity index (χ2v) is 7.11. The number of benzene rings is 2. The molecular weight excluding hydrogens is 388 g/mol. The zero-order valence-corrected chi connectivity index (χ0v) is 17.0. The molecule has 0 amide bonds. The number of hydrogen-bond donors (Lipinski definition) is 1. The van der Waals surface area contributed by atoms with Crippen molar-refractivity contribution in [3.8, 4) is 11.5 Å². The van der Waals surface area contributed by atoms with Gasteiger partial charge in [-0.15, -0.1) is 12.4 Å². The standard InChI is InChI=1S/C21H25ClFNO2.ClH/c1-25-20-12-15(13-24-17-8-3-2-4-9-17)11-18(22)21(20)26-14-16-7-5-6-10-19(16)23;/h5-7,10-12,17,24H,2-4,8-9,13-14H2,1H3;1H. The van der Waals surface area contributed by atoms with Gasteiger partial charge in [0.15, 0.2) is 11.5 Å². The van der Waals surface area contributed by atoms with Crippen molar-refractivity contribution in [2.24, 2.45) is 0 Å². The monoisotopic (exact) mass is 413 g/mol. The van der Waals surface area contributed by atoms with Crippen molar-refractivity contribution in [1.29, 1.82) is 0 Å². The highest BCUT2D eigenvalue weighted by Gasteiger charge is 2.16. The molecule has 148 valence electrons. The molecule has 3 rings (SSSR count). The molecule has 6 heteroatoms. The van der Waals surface area contributed by atoms with Gasteiger partial charge in [0.2, 0.25) is 0 Å². The lowest BCUT2D eigenvalue weighted by atomic mass is 9.95. The Labute approximate surface area is 171 Å². The average molecular weight is 414 g/mol. The summed E-state index contributed by atoms with van der Waals surface area (Å²) in [5, 5.41) is 4.07. The number of nitrogens with one attached hydrogen (secondary N) is 1. The summed E-state index contributed by atoms with van der Waals surface area (Å²) in [6, 6.07) is 10.9. The molecule has 1 N–H and O–H groups in total. The Morgan fingerprint density at radius 2 is 1.89 bits per heavy atom. The first-order valence-electron chi connectivity index (χ1n) is 9.13. The largest absolute Gasteiger partial charge is 0.493 e. The molecule has 0 saturated heterocycles. The Balaban J connectivity index is 0.00000261. The van der Waals surface area contributed by atoms with E-state index in [0.29, 0.717) is 28.1 Å². The lowest BCUT2D eigenvalue weighted by Crippen LogP contribution is -2.30. The minimum atomic E-state index is -0.295. The molecule has 0 aliphatic heterocycles. The van der Waals surface area contributed by atoms with Crippen LogP contribution in [0.15, 0.2) is 36.4 Å². The maximum atomic E-state index is 13.8. The first-order valence-corrected chi connectivity index (χ1v) is 9.51. The quantitative estimate of drug-likeness (QED) is 0.611. The van der Waals surface area contributed by atoms with Gasteiger partial charge in [-0.25, -0.2) is 4.39 Å². The van der Waals surface area contributed by atoms with Crippen LogP contribution in [0.2, 0.25) is 5.02 Å². The van der Waals surface area contributed by atoms with Gasteiger partial charge >= 0.3 is 0 Å². The normalized spacial score (nSPS) is 14.5. The van der Waals surface area contributed by atoms with Gasteiger partial charge in [0.1, 0.15) is 12.4 Å². The molecular formula is C21H26Cl2FNO2. The van der Waals surface area contributed by atoms with Crippen LogP contribution < -0.4 is 14.8 Å². The number of halogens is 3. The topological polar surface area (TPSA) is 30.5 Å². The lowest BCUT2D eigenvalue weighted by Gasteiger charge is -2.23. The smallest absolute Gasteiger partial charge is 0.180 e. The molecule has 27 heavy (non-hydrogen) atoms. The summed E-state index contributed by atoms with van der Waals surface area (Å²) in [4.78, 5) is 0. The van der Waals surface area contributed by atoms with E-state index in [0.717, 1.165) is 12.1 Å². The third-order valence-corrected chi connectivity index (χ3v) is 5.10. The minimum absolute atomic E-state index is 0.